The molecule has 0 saturated carbocycles. The molecular weight excluding hydrogens is 278 g/mol. The number of likely N-dealkylation sites (N-methyl/N-ethyl adjacent to an activating group) is 1. The molecule has 0 atom stereocenters. The van der Waals surface area contributed by atoms with E-state index >= 15 is 0 Å². The monoisotopic (exact) mass is 305 g/mol. The van der Waals surface area contributed by atoms with Gasteiger partial charge < -0.3 is 9.64 Å². The lowest BCUT2D eigenvalue weighted by Gasteiger charge is -2.33. The molecule has 0 fully saturated rings. The number of ether oxygens (including phenoxy) is 1. The van der Waals surface area contributed by atoms with Crippen molar-refractivity contribution >= 4 is 11.9 Å². The fraction of sp³-hybridized carbons (Fsp3) is 0.556. The number of benzene rings is 1. The van der Waals surface area contributed by atoms with Gasteiger partial charge in [0.2, 0.25) is 5.91 Å². The summed E-state index contributed by atoms with van der Waals surface area (Å²) in [4.78, 5) is 26.1. The number of hydrogen-bond acceptors (Lipinski definition) is 3. The van der Waals surface area contributed by atoms with E-state index in [0.717, 1.165) is 16.7 Å². The molecule has 0 aromatic heterocycles. The van der Waals surface area contributed by atoms with Gasteiger partial charge in [0.25, 0.3) is 0 Å². The molecule has 4 heteroatoms. The molecule has 0 bridgehead atoms. The summed E-state index contributed by atoms with van der Waals surface area (Å²) in [6, 6.07) is 4.15. The van der Waals surface area contributed by atoms with Crippen LogP contribution in [0.25, 0.3) is 0 Å². The Kier molecular flexibility index (Phi) is 5.75. The smallest absolute Gasteiger partial charge is 0.331 e. The van der Waals surface area contributed by atoms with Gasteiger partial charge in [-0.25, -0.2) is 4.79 Å². The molecule has 0 spiro atoms. The molecule has 0 heterocycles. The maximum Gasteiger partial charge on any atom is 0.331 e. The molecule has 0 N–H and O–H groups in total. The largest absolute Gasteiger partial charge is 0.464 e. The number of carbonyl (C=O) groups excluding carboxylic acids is 2. The molecule has 22 heavy (non-hydrogen) atoms. The summed E-state index contributed by atoms with van der Waals surface area (Å²) in [7, 11) is 1.65. The molecule has 0 aliphatic heterocycles. The highest BCUT2D eigenvalue weighted by atomic mass is 16.5. The van der Waals surface area contributed by atoms with E-state index in [-0.39, 0.29) is 18.3 Å². The highest BCUT2D eigenvalue weighted by molar-refractivity contribution is 5.88. The second kappa shape index (κ2) is 6.95. The molecule has 0 radical (unpaired) electrons. The van der Waals surface area contributed by atoms with Gasteiger partial charge in [-0.2, -0.15) is 0 Å². The average molecular weight is 305 g/mol. The molecule has 0 saturated heterocycles. The molecular formula is C18H27NO3. The van der Waals surface area contributed by atoms with Crippen LogP contribution in [0, 0.1) is 20.8 Å². The van der Waals surface area contributed by atoms with Gasteiger partial charge in [-0.05, 0) is 58.2 Å². The maximum absolute atomic E-state index is 12.6. The van der Waals surface area contributed by atoms with Crippen LogP contribution in [0.15, 0.2) is 12.1 Å². The third-order valence-electron chi connectivity index (χ3n) is 4.16. The van der Waals surface area contributed by atoms with Crippen molar-refractivity contribution < 1.29 is 14.3 Å². The molecule has 0 aliphatic carbocycles. The second-order valence-corrected chi connectivity index (χ2v) is 6.29. The number of amides is 1. The summed E-state index contributed by atoms with van der Waals surface area (Å²) >= 11 is 0. The van der Waals surface area contributed by atoms with Gasteiger partial charge in [0.1, 0.15) is 5.54 Å². The van der Waals surface area contributed by atoms with E-state index in [4.69, 9.17) is 4.74 Å². The number of carbonyl (C=O) groups is 2. The Bertz CT molecular complexity index is 553. The van der Waals surface area contributed by atoms with Gasteiger partial charge in [0.05, 0.1) is 13.0 Å². The van der Waals surface area contributed by atoms with Crippen molar-refractivity contribution in [2.24, 2.45) is 0 Å². The van der Waals surface area contributed by atoms with Crippen LogP contribution in [0.2, 0.25) is 0 Å². The van der Waals surface area contributed by atoms with Gasteiger partial charge in [-0.3, -0.25) is 4.79 Å². The summed E-state index contributed by atoms with van der Waals surface area (Å²) in [5.74, 6) is -0.476. The highest BCUT2D eigenvalue weighted by Crippen LogP contribution is 2.20. The molecule has 1 aromatic carbocycles. The minimum Gasteiger partial charge on any atom is -0.464 e. The van der Waals surface area contributed by atoms with Crippen molar-refractivity contribution in [2.75, 3.05) is 13.7 Å². The lowest BCUT2D eigenvalue weighted by Crippen LogP contribution is -2.52. The van der Waals surface area contributed by atoms with E-state index in [2.05, 4.69) is 12.1 Å². The van der Waals surface area contributed by atoms with Crippen LogP contribution in [-0.4, -0.2) is 36.0 Å². The van der Waals surface area contributed by atoms with Crippen LogP contribution in [0.5, 0.6) is 0 Å². The number of nitrogens with zero attached hydrogens (tertiary/aromatic N) is 1. The van der Waals surface area contributed by atoms with E-state index in [1.807, 2.05) is 20.8 Å². The van der Waals surface area contributed by atoms with Gasteiger partial charge in [-0.15, -0.1) is 0 Å². The fourth-order valence-electron chi connectivity index (χ4n) is 2.51. The third kappa shape index (κ3) is 3.87. The van der Waals surface area contributed by atoms with Crippen molar-refractivity contribution in [3.63, 3.8) is 0 Å². The second-order valence-electron chi connectivity index (χ2n) is 6.29. The Morgan fingerprint density at radius 3 is 2.09 bits per heavy atom. The molecule has 0 aliphatic rings. The lowest BCUT2D eigenvalue weighted by atomic mass is 9.95. The molecule has 1 rings (SSSR count). The van der Waals surface area contributed by atoms with Gasteiger partial charge >= 0.3 is 5.97 Å². The zero-order chi connectivity index (χ0) is 17.1. The van der Waals surface area contributed by atoms with Crippen LogP contribution in [-0.2, 0) is 20.7 Å². The summed E-state index contributed by atoms with van der Waals surface area (Å²) in [5, 5.41) is 0. The van der Waals surface area contributed by atoms with E-state index in [0.29, 0.717) is 6.61 Å². The summed E-state index contributed by atoms with van der Waals surface area (Å²) in [5.41, 5.74) is 3.45. The van der Waals surface area contributed by atoms with Crippen LogP contribution < -0.4 is 0 Å². The summed E-state index contributed by atoms with van der Waals surface area (Å²) in [6.45, 7) is 11.5. The fourth-order valence-corrected chi connectivity index (χ4v) is 2.51. The predicted molar refractivity (Wildman–Crippen MR) is 87.8 cm³/mol. The zero-order valence-corrected chi connectivity index (χ0v) is 14.7. The first-order valence-electron chi connectivity index (χ1n) is 7.61. The van der Waals surface area contributed by atoms with Crippen molar-refractivity contribution in [1.82, 2.24) is 4.90 Å². The maximum atomic E-state index is 12.6. The molecule has 4 nitrogen and oxygen atoms in total. The molecule has 122 valence electrons. The average Bonchev–Trinajstić information content (AvgIpc) is 2.41. The highest BCUT2D eigenvalue weighted by Gasteiger charge is 2.36. The van der Waals surface area contributed by atoms with Crippen LogP contribution in [0.4, 0.5) is 0 Å². The minimum atomic E-state index is -0.973. The number of esters is 1. The first kappa shape index (κ1) is 18.2. The Morgan fingerprint density at radius 1 is 1.14 bits per heavy atom. The Labute approximate surface area is 133 Å². The van der Waals surface area contributed by atoms with E-state index in [1.165, 1.54) is 10.5 Å². The summed E-state index contributed by atoms with van der Waals surface area (Å²) < 4.78 is 5.06. The topological polar surface area (TPSA) is 46.6 Å². The van der Waals surface area contributed by atoms with Crippen molar-refractivity contribution in [3.8, 4) is 0 Å². The predicted octanol–water partition coefficient (Wildman–Crippen LogP) is 2.95. The minimum absolute atomic E-state index is 0.0897. The number of rotatable bonds is 5. The third-order valence-corrected chi connectivity index (χ3v) is 4.16. The molecule has 0 unspecified atom stereocenters. The summed E-state index contributed by atoms with van der Waals surface area (Å²) in [6.07, 6.45) is 0.289. The lowest BCUT2D eigenvalue weighted by molar-refractivity contribution is -0.160. The quantitative estimate of drug-likeness (QED) is 0.786. The van der Waals surface area contributed by atoms with Crippen LogP contribution in [0.3, 0.4) is 0 Å². The van der Waals surface area contributed by atoms with Crippen LogP contribution in [0.1, 0.15) is 43.0 Å². The van der Waals surface area contributed by atoms with Gasteiger partial charge in [-0.1, -0.05) is 17.7 Å². The molecule has 1 amide bonds. The Morgan fingerprint density at radius 2 is 1.64 bits per heavy atom. The van der Waals surface area contributed by atoms with E-state index in [9.17, 15) is 9.59 Å². The van der Waals surface area contributed by atoms with Gasteiger partial charge in [0, 0.05) is 7.05 Å². The number of aryl methyl sites for hydroxylation is 3. The van der Waals surface area contributed by atoms with Gasteiger partial charge in [0.15, 0.2) is 0 Å². The number of hydrogen-bond donors (Lipinski definition) is 0. The first-order chi connectivity index (χ1) is 10.1. The molecule has 1 aromatic rings. The standard InChI is InChI=1S/C18H27NO3/c1-8-22-17(21)18(5,6)19(7)16(20)11-15-13(3)9-12(2)10-14(15)4/h9-10H,8,11H2,1-7H3. The first-order valence-corrected chi connectivity index (χ1v) is 7.61. The Hall–Kier alpha value is -1.84. The van der Waals surface area contributed by atoms with Crippen molar-refractivity contribution in [3.05, 3.63) is 34.4 Å². The van der Waals surface area contributed by atoms with E-state index in [1.54, 1.807) is 27.8 Å². The van der Waals surface area contributed by atoms with E-state index < -0.39 is 5.54 Å². The normalized spacial score (nSPS) is 11.2. The SMILES string of the molecule is CCOC(=O)C(C)(C)N(C)C(=O)Cc1c(C)cc(C)cc1C. The Balaban J connectivity index is 2.96. The van der Waals surface area contributed by atoms with Crippen molar-refractivity contribution in [1.29, 1.82) is 0 Å². The van der Waals surface area contributed by atoms with Crippen LogP contribution >= 0.6 is 0 Å². The van der Waals surface area contributed by atoms with Crippen molar-refractivity contribution in [2.45, 2.75) is 53.5 Å². The zero-order valence-electron chi connectivity index (χ0n) is 14.7.